The number of aromatic amines is 1. The maximum absolute atomic E-state index is 14.2. The van der Waals surface area contributed by atoms with Crippen LogP contribution in [0.3, 0.4) is 0 Å². The van der Waals surface area contributed by atoms with E-state index in [1.165, 1.54) is 36.8 Å². The minimum Gasteiger partial charge on any atom is -0.480 e. The van der Waals surface area contributed by atoms with Gasteiger partial charge in [0.25, 0.3) is 0 Å². The van der Waals surface area contributed by atoms with Crippen molar-refractivity contribution in [3.05, 3.63) is 82.3 Å². The van der Waals surface area contributed by atoms with Gasteiger partial charge in [-0.2, -0.15) is 0 Å². The van der Waals surface area contributed by atoms with Gasteiger partial charge in [-0.15, -0.1) is 0 Å². The molecule has 0 aliphatic heterocycles. The summed E-state index contributed by atoms with van der Waals surface area (Å²) in [7, 11) is 0. The van der Waals surface area contributed by atoms with Crippen molar-refractivity contribution in [2.45, 2.75) is 122 Å². The summed E-state index contributed by atoms with van der Waals surface area (Å²) in [6.07, 6.45) is -0.633. The Hall–Kier alpha value is -7.04. The van der Waals surface area contributed by atoms with Crippen molar-refractivity contribution in [1.82, 2.24) is 36.6 Å². The first-order chi connectivity index (χ1) is 31.5. The molecule has 2 aromatic carbocycles. The van der Waals surface area contributed by atoms with Crippen molar-refractivity contribution in [3.8, 4) is 5.75 Å². The van der Waals surface area contributed by atoms with Crippen LogP contribution >= 0.6 is 15.9 Å². The summed E-state index contributed by atoms with van der Waals surface area (Å²) in [6.45, 7) is 8.16. The van der Waals surface area contributed by atoms with Crippen LogP contribution < -0.4 is 42.8 Å². The zero-order valence-electron chi connectivity index (χ0n) is 37.7. The molecular weight excluding hydrogens is 942 g/mol. The van der Waals surface area contributed by atoms with Gasteiger partial charge in [-0.25, -0.2) is 19.4 Å². The number of carboxylic acids is 1. The SMILES string of the molecule is CC[C@H](C)[C@H](NC(=O)[C@H](CCC(N)=O)NC(=O)[C@H](Cc1cnc[nH]1)NC(=O)OC(C)(C)C)C(=O)N[C@@H](Cc1ccc(OC(=O)OCc2ccccc2Br)cc1)C(=O)N[C@@H](CCC(N)=O)C(=O)O. The molecule has 364 valence electrons. The number of primary amides is 2. The topological polar surface area (TPSA) is 342 Å². The number of carbonyl (C=O) groups excluding carboxylic acids is 8. The molecule has 0 saturated heterocycles. The molecule has 3 rings (SSSR count). The van der Waals surface area contributed by atoms with Crippen LogP contribution in [0.25, 0.3) is 0 Å². The highest BCUT2D eigenvalue weighted by molar-refractivity contribution is 9.10. The normalized spacial score (nSPS) is 13.8. The molecule has 0 fully saturated rings. The number of nitrogens with two attached hydrogens (primary N) is 2. The fourth-order valence-electron chi connectivity index (χ4n) is 6.15. The number of aromatic nitrogens is 2. The zero-order chi connectivity index (χ0) is 49.8. The number of rotatable bonds is 25. The molecule has 6 atom stereocenters. The van der Waals surface area contributed by atoms with E-state index in [0.717, 1.165) is 4.47 Å². The van der Waals surface area contributed by atoms with Gasteiger partial charge in [-0.1, -0.05) is 66.5 Å². The van der Waals surface area contributed by atoms with Gasteiger partial charge < -0.3 is 62.4 Å². The van der Waals surface area contributed by atoms with Gasteiger partial charge in [0.2, 0.25) is 35.4 Å². The minimum atomic E-state index is -1.58. The number of carboxylic acid groups (broad SMARTS) is 1. The Kier molecular flexibility index (Phi) is 21.2. The number of ether oxygens (including phenoxy) is 3. The Morgan fingerprint density at radius 3 is 1.88 bits per heavy atom. The maximum Gasteiger partial charge on any atom is 0.514 e. The molecule has 0 bridgehead atoms. The standard InChI is InChI=1S/C44H58BrN9O13/c1-6-24(2)36(54-37(57)30(15-17-34(46)55)50-39(59)33(20-27-21-48-23-49-27)53-42(63)67-44(3,4)5)40(60)52-32(38(58)51-31(41(61)62)16-18-35(47)56)19-25-11-13-28(14-12-25)66-43(64)65-22-26-9-7-8-10-29(26)45/h7-14,21,23-24,30-33,36H,6,15-20,22H2,1-5H3,(H2,46,55)(H2,47,56)(H,48,49)(H,50,59)(H,51,58)(H,52,60)(H,53,63)(H,54,57)(H,61,62)/t24-,30-,31-,32-,33-,36-/m0/s1. The summed E-state index contributed by atoms with van der Waals surface area (Å²) in [4.78, 5) is 123. The van der Waals surface area contributed by atoms with Crippen LogP contribution in [-0.2, 0) is 62.5 Å². The average molecular weight is 1000 g/mol. The van der Waals surface area contributed by atoms with E-state index in [1.54, 1.807) is 58.9 Å². The Balaban J connectivity index is 1.88. The Morgan fingerprint density at radius 1 is 0.761 bits per heavy atom. The lowest BCUT2D eigenvalue weighted by molar-refractivity contribution is -0.142. The second-order valence-electron chi connectivity index (χ2n) is 16.5. The molecule has 0 aliphatic carbocycles. The second-order valence-corrected chi connectivity index (χ2v) is 17.3. The monoisotopic (exact) mass is 999 g/mol. The van der Waals surface area contributed by atoms with Gasteiger partial charge in [0.05, 0.1) is 6.33 Å². The number of amides is 7. The van der Waals surface area contributed by atoms with E-state index in [0.29, 0.717) is 23.2 Å². The summed E-state index contributed by atoms with van der Waals surface area (Å²) < 4.78 is 16.5. The van der Waals surface area contributed by atoms with Crippen molar-refractivity contribution in [3.63, 3.8) is 0 Å². The number of alkyl carbamates (subject to hydrolysis) is 1. The van der Waals surface area contributed by atoms with E-state index in [9.17, 15) is 48.3 Å². The van der Waals surface area contributed by atoms with Crippen LogP contribution in [0, 0.1) is 5.92 Å². The predicted molar refractivity (Wildman–Crippen MR) is 242 cm³/mol. The number of imidazole rings is 1. The first-order valence-electron chi connectivity index (χ1n) is 21.2. The van der Waals surface area contributed by atoms with Crippen LogP contribution in [0.2, 0.25) is 0 Å². The quantitative estimate of drug-likeness (QED) is 0.0434. The van der Waals surface area contributed by atoms with Crippen LogP contribution in [0.5, 0.6) is 5.75 Å². The molecule has 1 aromatic heterocycles. The summed E-state index contributed by atoms with van der Waals surface area (Å²) in [5.74, 6) is -7.27. The molecule has 67 heavy (non-hydrogen) atoms. The summed E-state index contributed by atoms with van der Waals surface area (Å²) >= 11 is 3.38. The molecule has 0 aliphatic rings. The maximum atomic E-state index is 14.2. The second kappa shape index (κ2) is 26.2. The van der Waals surface area contributed by atoms with Gasteiger partial charge in [0, 0.05) is 47.6 Å². The van der Waals surface area contributed by atoms with Gasteiger partial charge in [0.1, 0.15) is 48.2 Å². The van der Waals surface area contributed by atoms with E-state index < -0.39 is 95.4 Å². The third-order valence-corrected chi connectivity index (χ3v) is 10.7. The molecule has 22 nitrogen and oxygen atoms in total. The van der Waals surface area contributed by atoms with Crippen LogP contribution in [-0.4, -0.2) is 105 Å². The number of halogens is 1. The van der Waals surface area contributed by atoms with Crippen molar-refractivity contribution < 1.29 is 62.5 Å². The van der Waals surface area contributed by atoms with Gasteiger partial charge in [-0.3, -0.25) is 28.8 Å². The molecule has 0 radical (unpaired) electrons. The zero-order valence-corrected chi connectivity index (χ0v) is 39.3. The van der Waals surface area contributed by atoms with E-state index in [1.807, 2.05) is 0 Å². The number of carbonyl (C=O) groups is 9. The van der Waals surface area contributed by atoms with Crippen molar-refractivity contribution in [2.75, 3.05) is 0 Å². The van der Waals surface area contributed by atoms with Crippen LogP contribution in [0.15, 0.2) is 65.5 Å². The average Bonchev–Trinajstić information content (AvgIpc) is 3.77. The van der Waals surface area contributed by atoms with Gasteiger partial charge in [0.15, 0.2) is 0 Å². The predicted octanol–water partition coefficient (Wildman–Crippen LogP) is 2.17. The fourth-order valence-corrected chi connectivity index (χ4v) is 6.55. The number of H-pyrrole nitrogens is 1. The van der Waals surface area contributed by atoms with Crippen LogP contribution in [0.4, 0.5) is 9.59 Å². The summed E-state index contributed by atoms with van der Waals surface area (Å²) in [6, 6.07) is 5.64. The fraction of sp³-hybridized carbons (Fsp3) is 0.455. The smallest absolute Gasteiger partial charge is 0.480 e. The van der Waals surface area contributed by atoms with Crippen molar-refractivity contribution >= 4 is 69.6 Å². The number of hydrogen-bond donors (Lipinski definition) is 9. The highest BCUT2D eigenvalue weighted by Gasteiger charge is 2.35. The number of nitrogens with one attached hydrogen (secondary N) is 6. The van der Waals surface area contributed by atoms with Crippen molar-refractivity contribution in [2.24, 2.45) is 17.4 Å². The Morgan fingerprint density at radius 2 is 1.33 bits per heavy atom. The lowest BCUT2D eigenvalue weighted by Gasteiger charge is -2.29. The van der Waals surface area contributed by atoms with Crippen LogP contribution in [0.1, 0.15) is 83.5 Å². The highest BCUT2D eigenvalue weighted by atomic mass is 79.9. The minimum absolute atomic E-state index is 0.0765. The van der Waals surface area contributed by atoms with E-state index in [-0.39, 0.29) is 50.9 Å². The van der Waals surface area contributed by atoms with Gasteiger partial charge in [-0.05, 0) is 63.3 Å². The molecule has 3 aromatic rings. The summed E-state index contributed by atoms with van der Waals surface area (Å²) in [5.41, 5.74) is 11.3. The molecule has 1 heterocycles. The first kappa shape index (κ1) is 54.3. The lowest BCUT2D eigenvalue weighted by Crippen LogP contribution is -2.60. The number of aliphatic carboxylic acids is 1. The van der Waals surface area contributed by atoms with E-state index in [2.05, 4.69) is 52.5 Å². The molecule has 11 N–H and O–H groups in total. The molecule has 0 unspecified atom stereocenters. The number of benzene rings is 2. The Labute approximate surface area is 394 Å². The molecular formula is C44H58BrN9O13. The lowest BCUT2D eigenvalue weighted by atomic mass is 9.96. The third kappa shape index (κ3) is 19.5. The molecule has 23 heteroatoms. The number of hydrogen-bond acceptors (Lipinski definition) is 13. The summed E-state index contributed by atoms with van der Waals surface area (Å²) in [5, 5.41) is 22.4. The molecule has 7 amide bonds. The first-order valence-corrected chi connectivity index (χ1v) is 22.0. The van der Waals surface area contributed by atoms with Gasteiger partial charge >= 0.3 is 18.2 Å². The van der Waals surface area contributed by atoms with E-state index >= 15 is 0 Å². The molecule has 0 spiro atoms. The molecule has 0 saturated carbocycles. The number of nitrogens with zero attached hydrogens (tertiary/aromatic N) is 1. The van der Waals surface area contributed by atoms with Crippen molar-refractivity contribution in [1.29, 1.82) is 0 Å². The third-order valence-electron chi connectivity index (χ3n) is 9.89. The Bertz CT molecular complexity index is 2200. The largest absolute Gasteiger partial charge is 0.514 e. The highest BCUT2D eigenvalue weighted by Crippen LogP contribution is 2.19. The van der Waals surface area contributed by atoms with E-state index in [4.69, 9.17) is 25.7 Å².